The van der Waals surface area contributed by atoms with Crippen LogP contribution in [0.5, 0.6) is 0 Å². The second kappa shape index (κ2) is 7.09. The number of amidine groups is 1. The van der Waals surface area contributed by atoms with Gasteiger partial charge in [-0.2, -0.15) is 0 Å². The second-order valence-electron chi connectivity index (χ2n) is 4.03. The minimum Gasteiger partial charge on any atom is -0.409 e. The Labute approximate surface area is 90.7 Å². The normalized spacial score (nSPS) is 14.0. The Bertz CT molecular complexity index is 227. The van der Waals surface area contributed by atoms with Gasteiger partial charge in [-0.1, -0.05) is 32.3 Å². The van der Waals surface area contributed by atoms with Crippen molar-refractivity contribution < 1.29 is 10.0 Å². The largest absolute Gasteiger partial charge is 0.409 e. The summed E-state index contributed by atoms with van der Waals surface area (Å²) in [4.78, 5) is 11.5. The molecule has 0 aliphatic carbocycles. The Morgan fingerprint density at radius 1 is 1.53 bits per heavy atom. The number of carbonyl (C=O) groups is 1. The van der Waals surface area contributed by atoms with E-state index in [4.69, 9.17) is 10.9 Å². The molecule has 0 heterocycles. The lowest BCUT2D eigenvalue weighted by atomic mass is 10.1. The molecule has 15 heavy (non-hydrogen) atoms. The van der Waals surface area contributed by atoms with Crippen molar-refractivity contribution in [1.82, 2.24) is 5.32 Å². The molecule has 0 bridgehead atoms. The monoisotopic (exact) mass is 215 g/mol. The van der Waals surface area contributed by atoms with Gasteiger partial charge in [0.2, 0.25) is 5.91 Å². The molecule has 0 saturated heterocycles. The first kappa shape index (κ1) is 13.7. The maximum Gasteiger partial charge on any atom is 0.220 e. The first-order valence-electron chi connectivity index (χ1n) is 5.28. The average molecular weight is 215 g/mol. The third-order valence-corrected chi connectivity index (χ3v) is 1.98. The molecule has 88 valence electrons. The lowest BCUT2D eigenvalue weighted by Crippen LogP contribution is -2.44. The molecule has 0 aliphatic rings. The van der Waals surface area contributed by atoms with Gasteiger partial charge in [0, 0.05) is 6.42 Å². The first-order chi connectivity index (χ1) is 7.01. The highest BCUT2D eigenvalue weighted by Gasteiger charge is 2.16. The van der Waals surface area contributed by atoms with Gasteiger partial charge in [0.15, 0.2) is 5.84 Å². The molecule has 1 atom stereocenters. The SMILES string of the molecule is CCCC(NC(=O)CC(C)C)C(N)=NO. The van der Waals surface area contributed by atoms with Crippen LogP contribution < -0.4 is 11.1 Å². The molecule has 0 saturated carbocycles. The van der Waals surface area contributed by atoms with Crippen molar-refractivity contribution >= 4 is 11.7 Å². The summed E-state index contributed by atoms with van der Waals surface area (Å²) in [5.74, 6) is 0.309. The molecule has 0 fully saturated rings. The highest BCUT2D eigenvalue weighted by atomic mass is 16.4. The molecule has 5 heteroatoms. The van der Waals surface area contributed by atoms with Crippen LogP contribution in [0.4, 0.5) is 0 Å². The summed E-state index contributed by atoms with van der Waals surface area (Å²) in [6, 6.07) is -0.355. The predicted molar refractivity (Wildman–Crippen MR) is 59.7 cm³/mol. The van der Waals surface area contributed by atoms with Crippen LogP contribution in [0, 0.1) is 5.92 Å². The zero-order valence-corrected chi connectivity index (χ0v) is 9.66. The number of rotatable bonds is 6. The van der Waals surface area contributed by atoms with Gasteiger partial charge < -0.3 is 16.3 Å². The standard InChI is InChI=1S/C10H21N3O2/c1-4-5-8(10(11)13-15)12-9(14)6-7(2)3/h7-8,15H,4-6H2,1-3H3,(H2,11,13)(H,12,14). The molecule has 0 radical (unpaired) electrons. The van der Waals surface area contributed by atoms with E-state index in [1.807, 2.05) is 20.8 Å². The molecule has 1 amide bonds. The molecule has 4 N–H and O–H groups in total. The summed E-state index contributed by atoms with van der Waals surface area (Å²) in [5, 5.41) is 14.2. The van der Waals surface area contributed by atoms with Gasteiger partial charge in [-0.25, -0.2) is 0 Å². The van der Waals surface area contributed by atoms with Crippen molar-refractivity contribution in [2.24, 2.45) is 16.8 Å². The zero-order valence-electron chi connectivity index (χ0n) is 9.66. The van der Waals surface area contributed by atoms with E-state index in [0.29, 0.717) is 18.8 Å². The molecular formula is C10H21N3O2. The topological polar surface area (TPSA) is 87.7 Å². The minimum atomic E-state index is -0.355. The van der Waals surface area contributed by atoms with Gasteiger partial charge in [0.25, 0.3) is 0 Å². The number of amides is 1. The number of nitrogens with one attached hydrogen (secondary N) is 1. The third kappa shape index (κ3) is 5.93. The zero-order chi connectivity index (χ0) is 11.8. The molecule has 5 nitrogen and oxygen atoms in total. The Morgan fingerprint density at radius 3 is 2.53 bits per heavy atom. The third-order valence-electron chi connectivity index (χ3n) is 1.98. The minimum absolute atomic E-state index is 0.0601. The predicted octanol–water partition coefficient (Wildman–Crippen LogP) is 1.06. The fourth-order valence-electron chi connectivity index (χ4n) is 1.28. The van der Waals surface area contributed by atoms with Crippen LogP contribution in [-0.2, 0) is 4.79 Å². The fourth-order valence-corrected chi connectivity index (χ4v) is 1.28. The lowest BCUT2D eigenvalue weighted by Gasteiger charge is -2.17. The molecule has 0 spiro atoms. The molecule has 0 aromatic carbocycles. The summed E-state index contributed by atoms with van der Waals surface area (Å²) >= 11 is 0. The maximum atomic E-state index is 11.5. The number of nitrogens with two attached hydrogens (primary N) is 1. The molecule has 0 aliphatic heterocycles. The summed E-state index contributed by atoms with van der Waals surface area (Å²) in [6.07, 6.45) is 2.00. The van der Waals surface area contributed by atoms with Gasteiger partial charge in [0.05, 0.1) is 6.04 Å². The van der Waals surface area contributed by atoms with E-state index in [-0.39, 0.29) is 17.8 Å². The smallest absolute Gasteiger partial charge is 0.220 e. The molecular weight excluding hydrogens is 194 g/mol. The van der Waals surface area contributed by atoms with Crippen LogP contribution in [0.15, 0.2) is 5.16 Å². The average Bonchev–Trinajstić information content (AvgIpc) is 2.14. The summed E-state index contributed by atoms with van der Waals surface area (Å²) in [6.45, 7) is 5.92. The molecule has 0 aromatic heterocycles. The van der Waals surface area contributed by atoms with E-state index in [1.54, 1.807) is 0 Å². The van der Waals surface area contributed by atoms with Gasteiger partial charge in [-0.15, -0.1) is 0 Å². The Balaban J connectivity index is 4.22. The number of oxime groups is 1. The maximum absolute atomic E-state index is 11.5. The van der Waals surface area contributed by atoms with Gasteiger partial charge in [0.1, 0.15) is 0 Å². The van der Waals surface area contributed by atoms with E-state index >= 15 is 0 Å². The van der Waals surface area contributed by atoms with Crippen LogP contribution in [0.25, 0.3) is 0 Å². The van der Waals surface area contributed by atoms with E-state index in [1.165, 1.54) is 0 Å². The van der Waals surface area contributed by atoms with E-state index < -0.39 is 0 Å². The van der Waals surface area contributed by atoms with Crippen molar-refractivity contribution in [1.29, 1.82) is 0 Å². The quantitative estimate of drug-likeness (QED) is 0.268. The summed E-state index contributed by atoms with van der Waals surface area (Å²) < 4.78 is 0. The van der Waals surface area contributed by atoms with Gasteiger partial charge >= 0.3 is 0 Å². The van der Waals surface area contributed by atoms with Crippen molar-refractivity contribution in [3.8, 4) is 0 Å². The number of hydrogen-bond donors (Lipinski definition) is 3. The highest BCUT2D eigenvalue weighted by Crippen LogP contribution is 2.02. The lowest BCUT2D eigenvalue weighted by molar-refractivity contribution is -0.122. The number of carbonyl (C=O) groups excluding carboxylic acids is 1. The highest BCUT2D eigenvalue weighted by molar-refractivity contribution is 5.89. The fraction of sp³-hybridized carbons (Fsp3) is 0.800. The Morgan fingerprint density at radius 2 is 2.13 bits per heavy atom. The Kier molecular flexibility index (Phi) is 6.49. The van der Waals surface area contributed by atoms with Crippen LogP contribution in [-0.4, -0.2) is 23.0 Å². The van der Waals surface area contributed by atoms with Crippen LogP contribution >= 0.6 is 0 Å². The molecule has 0 aromatic rings. The number of nitrogens with zero attached hydrogens (tertiary/aromatic N) is 1. The van der Waals surface area contributed by atoms with Crippen molar-refractivity contribution in [2.75, 3.05) is 0 Å². The number of hydrogen-bond acceptors (Lipinski definition) is 3. The van der Waals surface area contributed by atoms with Crippen molar-refractivity contribution in [3.63, 3.8) is 0 Å². The van der Waals surface area contributed by atoms with E-state index in [9.17, 15) is 4.79 Å². The second-order valence-corrected chi connectivity index (χ2v) is 4.03. The van der Waals surface area contributed by atoms with Gasteiger partial charge in [-0.3, -0.25) is 4.79 Å². The van der Waals surface area contributed by atoms with Gasteiger partial charge in [-0.05, 0) is 12.3 Å². The van der Waals surface area contributed by atoms with Crippen LogP contribution in [0.1, 0.15) is 40.0 Å². The van der Waals surface area contributed by atoms with Crippen molar-refractivity contribution in [3.05, 3.63) is 0 Å². The summed E-state index contributed by atoms with van der Waals surface area (Å²) in [7, 11) is 0. The van der Waals surface area contributed by atoms with Crippen molar-refractivity contribution in [2.45, 2.75) is 46.1 Å². The summed E-state index contributed by atoms with van der Waals surface area (Å²) in [5.41, 5.74) is 5.47. The molecule has 1 unspecified atom stereocenters. The van der Waals surface area contributed by atoms with E-state index in [2.05, 4.69) is 10.5 Å². The molecule has 0 rings (SSSR count). The van der Waals surface area contributed by atoms with Crippen LogP contribution in [0.3, 0.4) is 0 Å². The van der Waals surface area contributed by atoms with E-state index in [0.717, 1.165) is 6.42 Å². The first-order valence-corrected chi connectivity index (χ1v) is 5.28. The van der Waals surface area contributed by atoms with Crippen LogP contribution in [0.2, 0.25) is 0 Å². The Hall–Kier alpha value is -1.26.